The molecular weight excluding hydrogens is 721 g/mol. The number of fused-ring (bicyclic) bond motifs is 2. The lowest BCUT2D eigenvalue weighted by atomic mass is 9.78. The first-order chi connectivity index (χ1) is 27.7. The molecule has 3 aromatic heterocycles. The van der Waals surface area contributed by atoms with Gasteiger partial charge in [-0.25, -0.2) is 14.8 Å². The maximum atomic E-state index is 13.7. The highest BCUT2D eigenvalue weighted by Gasteiger charge is 2.52. The highest BCUT2D eigenvalue weighted by atomic mass is 16.5. The van der Waals surface area contributed by atoms with Gasteiger partial charge in [-0.05, 0) is 70.9 Å². The summed E-state index contributed by atoms with van der Waals surface area (Å²) in [5.74, 6) is 2.19. The number of imidazole rings is 2. The van der Waals surface area contributed by atoms with Crippen molar-refractivity contribution in [1.29, 1.82) is 0 Å². The fraction of sp³-hybridized carbons (Fsp3) is 0.409. The number of alkyl carbamates (subject to hydrolysis) is 1. The molecule has 3 aliphatic rings. The molecule has 13 nitrogen and oxygen atoms in total. The average molecular weight is 771 g/mol. The molecule has 0 radical (unpaired) electrons. The highest BCUT2D eigenvalue weighted by molar-refractivity contribution is 5.86. The second kappa shape index (κ2) is 16.3. The van der Waals surface area contributed by atoms with E-state index in [4.69, 9.17) is 19.4 Å². The Bertz CT molecular complexity index is 2180. The van der Waals surface area contributed by atoms with Crippen molar-refractivity contribution >= 4 is 17.9 Å². The van der Waals surface area contributed by atoms with Crippen LogP contribution in [-0.4, -0.2) is 80.6 Å². The Morgan fingerprint density at radius 2 is 1.46 bits per heavy atom. The van der Waals surface area contributed by atoms with Gasteiger partial charge in [-0.3, -0.25) is 14.6 Å². The topological polar surface area (TPSA) is 167 Å². The largest absolute Gasteiger partial charge is 0.453 e. The molecule has 3 fully saturated rings. The van der Waals surface area contributed by atoms with Crippen molar-refractivity contribution in [3.8, 4) is 33.6 Å². The van der Waals surface area contributed by atoms with Crippen LogP contribution in [0.1, 0.15) is 68.7 Å². The summed E-state index contributed by atoms with van der Waals surface area (Å²) >= 11 is 0. The first kappa shape index (κ1) is 38.1. The predicted molar refractivity (Wildman–Crippen MR) is 214 cm³/mol. The molecule has 2 bridgehead atoms. The van der Waals surface area contributed by atoms with Crippen LogP contribution in [0, 0.1) is 23.7 Å². The Hall–Kier alpha value is -5.82. The zero-order valence-electron chi connectivity index (χ0n) is 32.8. The molecule has 4 heterocycles. The molecule has 2 aliphatic carbocycles. The van der Waals surface area contributed by atoms with Gasteiger partial charge >= 0.3 is 6.09 Å². The van der Waals surface area contributed by atoms with E-state index in [0.717, 1.165) is 64.3 Å². The molecule has 13 heteroatoms. The van der Waals surface area contributed by atoms with Gasteiger partial charge in [-0.1, -0.05) is 68.4 Å². The summed E-state index contributed by atoms with van der Waals surface area (Å²) in [5, 5.41) is 5.87. The number of ether oxygens (including phenoxy) is 2. The molecule has 3 amide bonds. The standard InChI is InChI=1S/C44H50N8O5/c1-25(2)39(51-44(55)57-4)43(54)52-24-33(56-3)19-36(52)40-46-22-34(49-40)29-11-7-27(8-12-29)28-9-13-30(14-10-28)35-23-47-41(50-35)37-31-15-16-32(18-31)38(37)42(53)48-21-26-6-5-17-45-20-26/h5-14,17,20,22-23,25,31-33,36-39H,15-16,18-19,21,24H2,1-4H3,(H,46,49)(H,47,50)(H,48,53)(H,51,55)/t31?,32?,33-,36-,37?,38+,39-/m0/s1. The minimum Gasteiger partial charge on any atom is -0.453 e. The number of hydrogen-bond donors (Lipinski definition) is 4. The number of nitrogens with zero attached hydrogens (tertiary/aromatic N) is 4. The molecule has 1 aliphatic heterocycles. The third-order valence-corrected chi connectivity index (χ3v) is 12.2. The van der Waals surface area contributed by atoms with Gasteiger partial charge in [0.1, 0.15) is 17.7 Å². The maximum Gasteiger partial charge on any atom is 0.407 e. The minimum absolute atomic E-state index is 0.0814. The van der Waals surface area contributed by atoms with Crippen molar-refractivity contribution in [3.05, 3.63) is 103 Å². The third-order valence-electron chi connectivity index (χ3n) is 12.2. The maximum absolute atomic E-state index is 13.7. The van der Waals surface area contributed by atoms with E-state index in [1.54, 1.807) is 30.6 Å². The number of methoxy groups -OCH3 is 2. The van der Waals surface area contributed by atoms with Crippen LogP contribution in [0.5, 0.6) is 0 Å². The van der Waals surface area contributed by atoms with E-state index in [1.807, 2.05) is 32.2 Å². The molecule has 5 aromatic rings. The van der Waals surface area contributed by atoms with Gasteiger partial charge in [0, 0.05) is 44.9 Å². The molecule has 1 saturated heterocycles. The lowest BCUT2D eigenvalue weighted by Gasteiger charge is -2.29. The van der Waals surface area contributed by atoms with Gasteiger partial charge in [-0.15, -0.1) is 0 Å². The molecule has 57 heavy (non-hydrogen) atoms. The van der Waals surface area contributed by atoms with E-state index in [9.17, 15) is 14.4 Å². The summed E-state index contributed by atoms with van der Waals surface area (Å²) in [6.07, 6.45) is 10.3. The lowest BCUT2D eigenvalue weighted by molar-refractivity contribution is -0.136. The van der Waals surface area contributed by atoms with Crippen LogP contribution in [0.4, 0.5) is 4.79 Å². The predicted octanol–water partition coefficient (Wildman–Crippen LogP) is 6.64. The smallest absolute Gasteiger partial charge is 0.407 e. The highest BCUT2D eigenvalue weighted by Crippen LogP contribution is 2.56. The van der Waals surface area contributed by atoms with Gasteiger partial charge in [0.15, 0.2) is 0 Å². The first-order valence-corrected chi connectivity index (χ1v) is 19.9. The summed E-state index contributed by atoms with van der Waals surface area (Å²) in [6.45, 7) is 4.65. The second-order valence-corrected chi connectivity index (χ2v) is 15.9. The van der Waals surface area contributed by atoms with Gasteiger partial charge in [-0.2, -0.15) is 0 Å². The zero-order chi connectivity index (χ0) is 39.6. The average Bonchev–Trinajstić information content (AvgIpc) is 4.10. The van der Waals surface area contributed by atoms with Crippen molar-refractivity contribution in [3.63, 3.8) is 0 Å². The van der Waals surface area contributed by atoms with E-state index in [0.29, 0.717) is 37.2 Å². The summed E-state index contributed by atoms with van der Waals surface area (Å²) in [4.78, 5) is 61.8. The Kier molecular flexibility index (Phi) is 10.9. The number of aromatic amines is 2. The van der Waals surface area contributed by atoms with Gasteiger partial charge < -0.3 is 35.0 Å². The van der Waals surface area contributed by atoms with Crippen molar-refractivity contribution in [2.24, 2.45) is 23.7 Å². The monoisotopic (exact) mass is 770 g/mol. The van der Waals surface area contributed by atoms with Crippen molar-refractivity contribution in [1.82, 2.24) is 40.5 Å². The third kappa shape index (κ3) is 7.80. The van der Waals surface area contributed by atoms with Crippen LogP contribution in [0.25, 0.3) is 33.6 Å². The summed E-state index contributed by atoms with van der Waals surface area (Å²) in [7, 11) is 2.93. The van der Waals surface area contributed by atoms with Crippen LogP contribution >= 0.6 is 0 Å². The molecule has 296 valence electrons. The van der Waals surface area contributed by atoms with E-state index in [-0.39, 0.29) is 41.7 Å². The molecule has 0 spiro atoms. The summed E-state index contributed by atoms with van der Waals surface area (Å²) in [6, 6.07) is 19.5. The van der Waals surface area contributed by atoms with Crippen LogP contribution in [-0.2, 0) is 25.6 Å². The zero-order valence-corrected chi connectivity index (χ0v) is 32.8. The normalized spacial score (nSPS) is 23.1. The van der Waals surface area contributed by atoms with Crippen molar-refractivity contribution in [2.75, 3.05) is 20.8 Å². The number of pyridine rings is 1. The molecular formula is C44H50N8O5. The van der Waals surface area contributed by atoms with Crippen LogP contribution < -0.4 is 10.6 Å². The number of carbonyl (C=O) groups excluding carboxylic acids is 3. The fourth-order valence-corrected chi connectivity index (χ4v) is 9.21. The summed E-state index contributed by atoms with van der Waals surface area (Å²) in [5.41, 5.74) is 6.94. The number of nitrogens with one attached hydrogen (secondary N) is 4. The Balaban J connectivity index is 0.930. The Morgan fingerprint density at radius 1 is 0.825 bits per heavy atom. The van der Waals surface area contributed by atoms with Crippen molar-refractivity contribution in [2.45, 2.75) is 70.2 Å². The number of benzene rings is 2. The van der Waals surface area contributed by atoms with Gasteiger partial charge in [0.05, 0.1) is 49.0 Å². The fourth-order valence-electron chi connectivity index (χ4n) is 9.21. The number of likely N-dealkylation sites (tertiary alicyclic amines) is 1. The van der Waals surface area contributed by atoms with Crippen LogP contribution in [0.2, 0.25) is 0 Å². The molecule has 7 atom stereocenters. The SMILES string of the molecule is COC(=O)N[C@H](C(=O)N1C[C@@H](OC)C[C@H]1c1ncc(-c2ccc(-c3ccc(-c4cnc(C5C6CCC(C6)[C@H]5C(=O)NCc5cccnc5)[nH]4)cc3)cc2)[nH]1)C(C)C. The van der Waals surface area contributed by atoms with Gasteiger partial charge in [0.25, 0.3) is 0 Å². The lowest BCUT2D eigenvalue weighted by Crippen LogP contribution is -2.51. The molecule has 4 N–H and O–H groups in total. The molecule has 8 rings (SSSR count). The quantitative estimate of drug-likeness (QED) is 0.110. The molecule has 3 unspecified atom stereocenters. The first-order valence-electron chi connectivity index (χ1n) is 19.9. The molecule has 2 aromatic carbocycles. The Morgan fingerprint density at radius 3 is 2.07 bits per heavy atom. The van der Waals surface area contributed by atoms with Crippen LogP contribution in [0.3, 0.4) is 0 Å². The van der Waals surface area contributed by atoms with E-state index in [1.165, 1.54) is 7.11 Å². The van der Waals surface area contributed by atoms with E-state index in [2.05, 4.69) is 74.1 Å². The molecule has 2 saturated carbocycles. The number of amides is 3. The van der Waals surface area contributed by atoms with Gasteiger partial charge in [0.2, 0.25) is 11.8 Å². The number of hydrogen-bond acceptors (Lipinski definition) is 8. The number of H-pyrrole nitrogens is 2. The Labute approximate surface area is 332 Å². The second-order valence-electron chi connectivity index (χ2n) is 15.9. The summed E-state index contributed by atoms with van der Waals surface area (Å²) < 4.78 is 10.4. The number of carbonyl (C=O) groups is 3. The number of aromatic nitrogens is 5. The van der Waals surface area contributed by atoms with E-state index >= 15 is 0 Å². The van der Waals surface area contributed by atoms with Crippen molar-refractivity contribution < 1.29 is 23.9 Å². The van der Waals surface area contributed by atoms with E-state index < -0.39 is 12.1 Å². The number of rotatable bonds is 12. The minimum atomic E-state index is -0.744. The van der Waals surface area contributed by atoms with Crippen LogP contribution in [0.15, 0.2) is 85.5 Å².